The number of carbonyl (C=O) groups is 2. The summed E-state index contributed by atoms with van der Waals surface area (Å²) < 4.78 is 5.14. The van der Waals surface area contributed by atoms with Crippen LogP contribution in [0.15, 0.2) is 24.3 Å². The third kappa shape index (κ3) is 6.29. The Morgan fingerprint density at radius 3 is 2.33 bits per heavy atom. The van der Waals surface area contributed by atoms with Gasteiger partial charge in [0.15, 0.2) is 0 Å². The molecule has 1 aromatic carbocycles. The zero-order valence-corrected chi connectivity index (χ0v) is 13.2. The van der Waals surface area contributed by atoms with E-state index in [-0.39, 0.29) is 17.2 Å². The predicted molar refractivity (Wildman–Crippen MR) is 82.4 cm³/mol. The Morgan fingerprint density at radius 1 is 1.10 bits per heavy atom. The van der Waals surface area contributed by atoms with Gasteiger partial charge in [0.05, 0.1) is 12.7 Å². The molecule has 0 aliphatic heterocycles. The van der Waals surface area contributed by atoms with Crippen molar-refractivity contribution in [3.8, 4) is 5.75 Å². The Kier molecular flexibility index (Phi) is 6.21. The van der Waals surface area contributed by atoms with Crippen LogP contribution < -0.4 is 15.4 Å². The third-order valence-electron chi connectivity index (χ3n) is 2.78. The first-order valence-electron chi connectivity index (χ1n) is 7.01. The lowest BCUT2D eigenvalue weighted by molar-refractivity contribution is -0.122. The Labute approximate surface area is 126 Å². The molecule has 0 saturated carbocycles. The van der Waals surface area contributed by atoms with E-state index in [1.807, 2.05) is 26.8 Å². The van der Waals surface area contributed by atoms with Crippen molar-refractivity contribution in [3.63, 3.8) is 0 Å². The van der Waals surface area contributed by atoms with E-state index < -0.39 is 0 Å². The Bertz CT molecular complexity index is 493. The molecule has 0 radical (unpaired) electrons. The highest BCUT2D eigenvalue weighted by molar-refractivity contribution is 5.96. The Morgan fingerprint density at radius 2 is 1.71 bits per heavy atom. The van der Waals surface area contributed by atoms with Gasteiger partial charge < -0.3 is 15.4 Å². The predicted octanol–water partition coefficient (Wildman–Crippen LogP) is 1.98. The molecule has 0 spiro atoms. The summed E-state index contributed by atoms with van der Waals surface area (Å²) in [6, 6.07) is 7.03. The van der Waals surface area contributed by atoms with Crippen molar-refractivity contribution < 1.29 is 14.3 Å². The van der Waals surface area contributed by atoms with Gasteiger partial charge in [-0.25, -0.2) is 0 Å². The van der Waals surface area contributed by atoms with Crippen LogP contribution in [0, 0.1) is 5.41 Å². The zero-order chi connectivity index (χ0) is 15.9. The molecule has 0 heterocycles. The number of nitrogens with one attached hydrogen (secondary N) is 2. The molecule has 2 N–H and O–H groups in total. The number of benzene rings is 1. The van der Waals surface area contributed by atoms with Gasteiger partial charge in [0.25, 0.3) is 5.91 Å². The first-order valence-corrected chi connectivity index (χ1v) is 7.01. The largest absolute Gasteiger partial charge is 0.496 e. The van der Waals surface area contributed by atoms with Gasteiger partial charge in [0.1, 0.15) is 5.75 Å². The summed E-state index contributed by atoms with van der Waals surface area (Å²) in [6.07, 6.45) is 0.466. The lowest BCUT2D eigenvalue weighted by Crippen LogP contribution is -2.36. The maximum atomic E-state index is 12.0. The second-order valence-electron chi connectivity index (χ2n) is 6.04. The molecular formula is C16H24N2O3. The molecule has 0 aliphatic carbocycles. The van der Waals surface area contributed by atoms with Crippen LogP contribution in [0.1, 0.15) is 37.6 Å². The maximum Gasteiger partial charge on any atom is 0.255 e. The van der Waals surface area contributed by atoms with Crippen LogP contribution in [-0.4, -0.2) is 32.0 Å². The van der Waals surface area contributed by atoms with Crippen molar-refractivity contribution >= 4 is 11.8 Å². The van der Waals surface area contributed by atoms with Crippen LogP contribution in [0.25, 0.3) is 0 Å². The standard InChI is InChI=1S/C16H24N2O3/c1-16(2,3)11-14(19)17-9-10-18-15(20)12-7-5-6-8-13(12)21-4/h5-8H,9-11H2,1-4H3,(H,17,19)(H,18,20). The minimum atomic E-state index is -0.211. The smallest absolute Gasteiger partial charge is 0.255 e. The van der Waals surface area contributed by atoms with Crippen LogP contribution in [0.3, 0.4) is 0 Å². The molecule has 2 amide bonds. The summed E-state index contributed by atoms with van der Waals surface area (Å²) in [6.45, 7) is 6.82. The molecule has 0 bridgehead atoms. The molecule has 21 heavy (non-hydrogen) atoms. The molecule has 0 aliphatic rings. The van der Waals surface area contributed by atoms with Crippen LogP contribution in [0.2, 0.25) is 0 Å². The van der Waals surface area contributed by atoms with Crippen molar-refractivity contribution in [2.75, 3.05) is 20.2 Å². The molecule has 5 heteroatoms. The lowest BCUT2D eigenvalue weighted by Gasteiger charge is -2.17. The van der Waals surface area contributed by atoms with Gasteiger partial charge in [0, 0.05) is 19.5 Å². The molecule has 0 unspecified atom stereocenters. The summed E-state index contributed by atoms with van der Waals surface area (Å²) >= 11 is 0. The number of methoxy groups -OCH3 is 1. The number of para-hydroxylation sites is 1. The second kappa shape index (κ2) is 7.67. The average molecular weight is 292 g/mol. The van der Waals surface area contributed by atoms with Gasteiger partial charge in [-0.1, -0.05) is 32.9 Å². The summed E-state index contributed by atoms with van der Waals surface area (Å²) in [5.41, 5.74) is 0.450. The molecule has 0 aromatic heterocycles. The fraction of sp³-hybridized carbons (Fsp3) is 0.500. The Balaban J connectivity index is 2.36. The Hall–Kier alpha value is -2.04. The van der Waals surface area contributed by atoms with Crippen LogP contribution in [-0.2, 0) is 4.79 Å². The van der Waals surface area contributed by atoms with Crippen molar-refractivity contribution in [3.05, 3.63) is 29.8 Å². The van der Waals surface area contributed by atoms with Crippen LogP contribution >= 0.6 is 0 Å². The summed E-state index contributed by atoms with van der Waals surface area (Å²) in [5.74, 6) is 0.318. The van der Waals surface area contributed by atoms with Gasteiger partial charge in [0.2, 0.25) is 5.91 Å². The third-order valence-corrected chi connectivity index (χ3v) is 2.78. The van der Waals surface area contributed by atoms with Crippen LogP contribution in [0.5, 0.6) is 5.75 Å². The first kappa shape index (κ1) is 17.0. The molecule has 1 aromatic rings. The maximum absolute atomic E-state index is 12.0. The molecule has 0 atom stereocenters. The summed E-state index contributed by atoms with van der Waals surface area (Å²) in [4.78, 5) is 23.6. The molecule has 5 nitrogen and oxygen atoms in total. The quantitative estimate of drug-likeness (QED) is 0.788. The van der Waals surface area contributed by atoms with E-state index in [1.165, 1.54) is 7.11 Å². The summed E-state index contributed by atoms with van der Waals surface area (Å²) in [7, 11) is 1.53. The number of hydrogen-bond acceptors (Lipinski definition) is 3. The molecule has 0 saturated heterocycles. The highest BCUT2D eigenvalue weighted by Crippen LogP contribution is 2.18. The molecule has 1 rings (SSSR count). The number of ether oxygens (including phenoxy) is 1. The topological polar surface area (TPSA) is 67.4 Å². The van der Waals surface area contributed by atoms with Crippen molar-refractivity contribution in [1.29, 1.82) is 0 Å². The first-order chi connectivity index (χ1) is 9.83. The SMILES string of the molecule is COc1ccccc1C(=O)NCCNC(=O)CC(C)(C)C. The van der Waals surface area contributed by atoms with E-state index in [2.05, 4.69) is 10.6 Å². The number of amides is 2. The normalized spacial score (nSPS) is 10.9. The van der Waals surface area contributed by atoms with Gasteiger partial charge in [-0.05, 0) is 17.5 Å². The number of hydrogen-bond donors (Lipinski definition) is 2. The fourth-order valence-corrected chi connectivity index (χ4v) is 1.85. The monoisotopic (exact) mass is 292 g/mol. The molecule has 116 valence electrons. The highest BCUT2D eigenvalue weighted by Gasteiger charge is 2.15. The average Bonchev–Trinajstić information content (AvgIpc) is 2.41. The van der Waals surface area contributed by atoms with Crippen molar-refractivity contribution in [2.45, 2.75) is 27.2 Å². The van der Waals surface area contributed by atoms with Gasteiger partial charge in [-0.15, -0.1) is 0 Å². The van der Waals surface area contributed by atoms with E-state index in [0.29, 0.717) is 30.8 Å². The minimum absolute atomic E-state index is 0.00552. The van der Waals surface area contributed by atoms with Crippen molar-refractivity contribution in [1.82, 2.24) is 10.6 Å². The van der Waals surface area contributed by atoms with Crippen LogP contribution in [0.4, 0.5) is 0 Å². The van der Waals surface area contributed by atoms with E-state index >= 15 is 0 Å². The van der Waals surface area contributed by atoms with E-state index in [9.17, 15) is 9.59 Å². The lowest BCUT2D eigenvalue weighted by atomic mass is 9.92. The van der Waals surface area contributed by atoms with Gasteiger partial charge >= 0.3 is 0 Å². The minimum Gasteiger partial charge on any atom is -0.496 e. The second-order valence-corrected chi connectivity index (χ2v) is 6.04. The zero-order valence-electron chi connectivity index (χ0n) is 13.2. The van der Waals surface area contributed by atoms with E-state index in [1.54, 1.807) is 18.2 Å². The van der Waals surface area contributed by atoms with Gasteiger partial charge in [-0.2, -0.15) is 0 Å². The van der Waals surface area contributed by atoms with E-state index in [4.69, 9.17) is 4.74 Å². The number of rotatable bonds is 6. The van der Waals surface area contributed by atoms with E-state index in [0.717, 1.165) is 0 Å². The summed E-state index contributed by atoms with van der Waals surface area (Å²) in [5, 5.41) is 5.55. The van der Waals surface area contributed by atoms with Crippen molar-refractivity contribution in [2.24, 2.45) is 5.41 Å². The molecule has 0 fully saturated rings. The molecular weight excluding hydrogens is 268 g/mol. The van der Waals surface area contributed by atoms with Gasteiger partial charge in [-0.3, -0.25) is 9.59 Å². The number of carbonyl (C=O) groups excluding carboxylic acids is 2. The fourth-order valence-electron chi connectivity index (χ4n) is 1.85. The highest BCUT2D eigenvalue weighted by atomic mass is 16.5.